The van der Waals surface area contributed by atoms with Crippen molar-refractivity contribution in [3.8, 4) is 0 Å². The first-order chi connectivity index (χ1) is 13.7. The molecule has 1 saturated heterocycles. The normalized spacial score (nSPS) is 17.3. The monoisotopic (exact) mass is 403 g/mol. The molecule has 0 spiro atoms. The zero-order chi connectivity index (χ0) is 20.8. The highest BCUT2D eigenvalue weighted by molar-refractivity contribution is 5.77. The van der Waals surface area contributed by atoms with Crippen LogP contribution in [0, 0.1) is 13.8 Å². The van der Waals surface area contributed by atoms with Crippen LogP contribution in [0.5, 0.6) is 0 Å². The molecule has 0 amide bonds. The highest BCUT2D eigenvalue weighted by atomic mass is 19.4. The van der Waals surface area contributed by atoms with Crippen LogP contribution in [0.25, 0.3) is 10.9 Å². The Kier molecular flexibility index (Phi) is 4.76. The van der Waals surface area contributed by atoms with E-state index in [1.807, 2.05) is 24.8 Å². The minimum atomic E-state index is -4.54. The van der Waals surface area contributed by atoms with Gasteiger partial charge in [0.25, 0.3) is 5.56 Å². The first-order valence-corrected chi connectivity index (χ1v) is 9.38. The van der Waals surface area contributed by atoms with Crippen LogP contribution >= 0.6 is 0 Å². The lowest BCUT2D eigenvalue weighted by molar-refractivity contribution is -0.141. The summed E-state index contributed by atoms with van der Waals surface area (Å²) < 4.78 is 40.6. The van der Waals surface area contributed by atoms with Crippen LogP contribution in [-0.4, -0.2) is 32.2 Å². The van der Waals surface area contributed by atoms with Gasteiger partial charge >= 0.3 is 6.18 Å². The molecule has 6 nitrogen and oxygen atoms in total. The van der Waals surface area contributed by atoms with E-state index in [1.54, 1.807) is 18.2 Å². The second kappa shape index (κ2) is 7.13. The minimum absolute atomic E-state index is 0.103. The summed E-state index contributed by atoms with van der Waals surface area (Å²) in [6.45, 7) is 2.90. The molecule has 0 aliphatic carbocycles. The summed E-state index contributed by atoms with van der Waals surface area (Å²) in [5, 5.41) is 0.174. The van der Waals surface area contributed by atoms with E-state index < -0.39 is 24.3 Å². The fourth-order valence-electron chi connectivity index (χ4n) is 3.88. The third kappa shape index (κ3) is 3.81. The Morgan fingerprint density at radius 2 is 1.79 bits per heavy atom. The Bertz CT molecular complexity index is 1110. The molecule has 29 heavy (non-hydrogen) atoms. The van der Waals surface area contributed by atoms with E-state index >= 15 is 0 Å². The summed E-state index contributed by atoms with van der Waals surface area (Å²) in [6, 6.07) is 7.81. The van der Waals surface area contributed by atoms with Gasteiger partial charge < -0.3 is 4.90 Å². The van der Waals surface area contributed by atoms with Crippen molar-refractivity contribution >= 4 is 16.9 Å². The molecule has 1 aromatic carbocycles. The Labute approximate surface area is 165 Å². The molecule has 1 fully saturated rings. The molecule has 0 saturated carbocycles. The number of rotatable bonds is 3. The van der Waals surface area contributed by atoms with Gasteiger partial charge in [-0.25, -0.2) is 15.0 Å². The molecule has 1 aliphatic heterocycles. The van der Waals surface area contributed by atoms with Gasteiger partial charge in [-0.3, -0.25) is 9.36 Å². The number of alkyl halides is 3. The second-order valence-corrected chi connectivity index (χ2v) is 7.30. The van der Waals surface area contributed by atoms with Gasteiger partial charge in [0.2, 0.25) is 5.95 Å². The van der Waals surface area contributed by atoms with Gasteiger partial charge in [0.05, 0.1) is 16.9 Å². The largest absolute Gasteiger partial charge is 0.406 e. The highest BCUT2D eigenvalue weighted by Gasteiger charge is 2.36. The fraction of sp³-hybridized carbons (Fsp3) is 0.400. The summed E-state index contributed by atoms with van der Waals surface area (Å²) >= 11 is 0. The number of nitrogens with zero attached hydrogens (tertiary/aromatic N) is 5. The molecule has 9 heteroatoms. The molecule has 152 valence electrons. The lowest BCUT2D eigenvalue weighted by Gasteiger charge is -2.27. The van der Waals surface area contributed by atoms with E-state index in [1.165, 1.54) is 6.07 Å². The van der Waals surface area contributed by atoms with Gasteiger partial charge in [-0.1, -0.05) is 12.1 Å². The van der Waals surface area contributed by atoms with Crippen LogP contribution in [0.2, 0.25) is 0 Å². The predicted molar refractivity (Wildman–Crippen MR) is 103 cm³/mol. The Hall–Kier alpha value is -2.97. The summed E-state index contributed by atoms with van der Waals surface area (Å²) in [4.78, 5) is 28.2. The third-order valence-electron chi connectivity index (χ3n) is 5.01. The Morgan fingerprint density at radius 1 is 1.10 bits per heavy atom. The molecule has 1 unspecified atom stereocenters. The third-order valence-corrected chi connectivity index (χ3v) is 5.01. The quantitative estimate of drug-likeness (QED) is 0.667. The summed E-state index contributed by atoms with van der Waals surface area (Å²) in [7, 11) is 0. The van der Waals surface area contributed by atoms with Crippen molar-refractivity contribution in [1.82, 2.24) is 19.5 Å². The van der Waals surface area contributed by atoms with Gasteiger partial charge in [0.1, 0.15) is 12.4 Å². The number of anilines is 1. The van der Waals surface area contributed by atoms with E-state index in [0.29, 0.717) is 24.4 Å². The summed E-state index contributed by atoms with van der Waals surface area (Å²) in [5.41, 5.74) is 1.25. The van der Waals surface area contributed by atoms with E-state index in [4.69, 9.17) is 0 Å². The molecule has 3 aromatic rings. The number of para-hydroxylation sites is 1. The molecule has 0 radical (unpaired) electrons. The first kappa shape index (κ1) is 19.4. The molecule has 1 atom stereocenters. The fourth-order valence-corrected chi connectivity index (χ4v) is 3.88. The summed E-state index contributed by atoms with van der Waals surface area (Å²) in [6.07, 6.45) is -3.22. The number of hydrogen-bond acceptors (Lipinski definition) is 5. The van der Waals surface area contributed by atoms with Crippen molar-refractivity contribution in [1.29, 1.82) is 0 Å². The van der Waals surface area contributed by atoms with Crippen molar-refractivity contribution in [2.45, 2.75) is 45.5 Å². The number of halogens is 3. The van der Waals surface area contributed by atoms with Crippen LogP contribution in [-0.2, 0) is 6.54 Å². The molecular weight excluding hydrogens is 383 g/mol. The van der Waals surface area contributed by atoms with Crippen LogP contribution in [0.4, 0.5) is 19.1 Å². The first-order valence-electron chi connectivity index (χ1n) is 9.38. The number of hydrogen-bond donors (Lipinski definition) is 0. The van der Waals surface area contributed by atoms with E-state index in [0.717, 1.165) is 22.4 Å². The molecule has 3 heterocycles. The van der Waals surface area contributed by atoms with Gasteiger partial charge in [-0.2, -0.15) is 13.2 Å². The molecular formula is C20H20F3N5O. The number of fused-ring (bicyclic) bond motifs is 1. The average Bonchev–Trinajstić information content (AvgIpc) is 3.12. The lowest BCUT2D eigenvalue weighted by Crippen LogP contribution is -2.36. The standard InChI is InChI=1S/C20H20F3N5O/c1-12-10-13(2)25-19(24-12)27-9-5-8-16(27)17-26-15-7-4-3-6-14(15)18(29)28(17)11-20(21,22)23/h3-4,6-7,10,16H,5,8-9,11H2,1-2H3. The van der Waals surface area contributed by atoms with Crippen LogP contribution in [0.3, 0.4) is 0 Å². The van der Waals surface area contributed by atoms with Crippen molar-refractivity contribution in [2.24, 2.45) is 0 Å². The van der Waals surface area contributed by atoms with Gasteiger partial charge in [-0.15, -0.1) is 0 Å². The van der Waals surface area contributed by atoms with Gasteiger partial charge in [-0.05, 0) is 44.9 Å². The second-order valence-electron chi connectivity index (χ2n) is 7.30. The topological polar surface area (TPSA) is 63.9 Å². The lowest BCUT2D eigenvalue weighted by atomic mass is 10.1. The molecule has 0 bridgehead atoms. The van der Waals surface area contributed by atoms with Crippen molar-refractivity contribution in [2.75, 3.05) is 11.4 Å². The Balaban J connectivity index is 1.89. The van der Waals surface area contributed by atoms with Crippen molar-refractivity contribution < 1.29 is 13.2 Å². The van der Waals surface area contributed by atoms with Crippen molar-refractivity contribution in [3.05, 3.63) is 57.9 Å². The van der Waals surface area contributed by atoms with E-state index in [9.17, 15) is 18.0 Å². The zero-order valence-electron chi connectivity index (χ0n) is 16.1. The number of aryl methyl sites for hydroxylation is 2. The maximum Gasteiger partial charge on any atom is 0.406 e. The Morgan fingerprint density at radius 3 is 2.48 bits per heavy atom. The molecule has 2 aromatic heterocycles. The van der Waals surface area contributed by atoms with E-state index in [-0.39, 0.29) is 11.2 Å². The molecule has 4 rings (SSSR count). The van der Waals surface area contributed by atoms with Gasteiger partial charge in [0, 0.05) is 17.9 Å². The molecule has 1 aliphatic rings. The van der Waals surface area contributed by atoms with E-state index in [2.05, 4.69) is 15.0 Å². The van der Waals surface area contributed by atoms with Crippen molar-refractivity contribution in [3.63, 3.8) is 0 Å². The number of benzene rings is 1. The van der Waals surface area contributed by atoms with Gasteiger partial charge in [0.15, 0.2) is 0 Å². The minimum Gasteiger partial charge on any atom is -0.331 e. The smallest absolute Gasteiger partial charge is 0.331 e. The maximum atomic E-state index is 13.3. The summed E-state index contributed by atoms with van der Waals surface area (Å²) in [5.74, 6) is 0.553. The highest BCUT2D eigenvalue weighted by Crippen LogP contribution is 2.34. The molecule has 0 N–H and O–H groups in total. The predicted octanol–water partition coefficient (Wildman–Crippen LogP) is 3.71. The maximum absolute atomic E-state index is 13.3. The van der Waals surface area contributed by atoms with Crippen LogP contribution < -0.4 is 10.5 Å². The number of aromatic nitrogens is 4. The van der Waals surface area contributed by atoms with Crippen LogP contribution in [0.15, 0.2) is 35.1 Å². The SMILES string of the molecule is Cc1cc(C)nc(N2CCCC2c2nc3ccccc3c(=O)n2CC(F)(F)F)n1. The average molecular weight is 403 g/mol. The van der Waals surface area contributed by atoms with Crippen LogP contribution in [0.1, 0.15) is 36.1 Å². The zero-order valence-corrected chi connectivity index (χ0v) is 16.1.